The summed E-state index contributed by atoms with van der Waals surface area (Å²) in [5.41, 5.74) is 2.78. The number of rotatable bonds is 6. The van der Waals surface area contributed by atoms with Gasteiger partial charge < -0.3 is 14.6 Å². The third kappa shape index (κ3) is 3.60. The highest BCUT2D eigenvalue weighted by Crippen LogP contribution is 2.30. The van der Waals surface area contributed by atoms with E-state index in [1.54, 1.807) is 13.1 Å². The molecule has 0 aliphatic heterocycles. The van der Waals surface area contributed by atoms with Crippen LogP contribution >= 0.6 is 11.3 Å². The molecule has 0 saturated carbocycles. The Hall–Kier alpha value is -2.74. The summed E-state index contributed by atoms with van der Waals surface area (Å²) in [4.78, 5) is 20.9. The summed E-state index contributed by atoms with van der Waals surface area (Å²) >= 11 is 1.47. The maximum atomic E-state index is 11.5. The van der Waals surface area contributed by atoms with Crippen molar-refractivity contribution in [3.63, 3.8) is 0 Å². The van der Waals surface area contributed by atoms with Gasteiger partial charge >= 0.3 is 5.97 Å². The average Bonchev–Trinajstić information content (AvgIpc) is 3.34. The number of fused-ring (bicyclic) bond motifs is 1. The van der Waals surface area contributed by atoms with Gasteiger partial charge in [0.2, 0.25) is 11.7 Å². The second-order valence-electron chi connectivity index (χ2n) is 6.04. The van der Waals surface area contributed by atoms with Gasteiger partial charge in [-0.3, -0.25) is 4.79 Å². The van der Waals surface area contributed by atoms with Crippen LogP contribution in [0.15, 0.2) is 35.0 Å². The molecule has 0 fully saturated rings. The SMILES string of the molecule is CCOC(=O)Cc1nc(-c2cnc(NC3Cc4ccccc4C3)s2)no1. The second-order valence-corrected chi connectivity index (χ2v) is 7.07. The number of aromatic nitrogens is 3. The molecule has 1 aromatic carbocycles. The smallest absolute Gasteiger partial charge is 0.315 e. The van der Waals surface area contributed by atoms with Gasteiger partial charge in [-0.15, -0.1) is 0 Å². The molecule has 0 amide bonds. The molecule has 0 spiro atoms. The number of carbonyl (C=O) groups excluding carboxylic acids is 1. The van der Waals surface area contributed by atoms with Gasteiger partial charge in [0.25, 0.3) is 0 Å². The van der Waals surface area contributed by atoms with Crippen molar-refractivity contribution in [2.75, 3.05) is 11.9 Å². The molecule has 0 radical (unpaired) electrons. The largest absolute Gasteiger partial charge is 0.466 e. The number of thiazole rings is 1. The van der Waals surface area contributed by atoms with E-state index in [9.17, 15) is 4.79 Å². The summed E-state index contributed by atoms with van der Waals surface area (Å²) in [5, 5.41) is 8.24. The Bertz CT molecular complexity index is 896. The molecule has 2 heterocycles. The van der Waals surface area contributed by atoms with Gasteiger partial charge in [0, 0.05) is 6.04 Å². The van der Waals surface area contributed by atoms with E-state index >= 15 is 0 Å². The third-order valence-electron chi connectivity index (χ3n) is 4.17. The highest BCUT2D eigenvalue weighted by molar-refractivity contribution is 7.18. The number of benzene rings is 1. The standard InChI is InChI=1S/C18H18N4O3S/c1-2-24-16(23)9-15-21-17(22-25-15)14-10-19-18(26-14)20-13-7-11-5-3-4-6-12(11)8-13/h3-6,10,13H,2,7-9H2,1H3,(H,19,20). The zero-order valence-electron chi connectivity index (χ0n) is 14.3. The normalized spacial score (nSPS) is 13.6. The van der Waals surface area contributed by atoms with Crippen molar-refractivity contribution in [1.29, 1.82) is 0 Å². The van der Waals surface area contributed by atoms with E-state index in [-0.39, 0.29) is 18.3 Å². The van der Waals surface area contributed by atoms with Gasteiger partial charge in [-0.05, 0) is 30.9 Å². The fraction of sp³-hybridized carbons (Fsp3) is 0.333. The molecule has 1 N–H and O–H groups in total. The zero-order valence-corrected chi connectivity index (χ0v) is 15.1. The van der Waals surface area contributed by atoms with Gasteiger partial charge in [-0.25, -0.2) is 4.98 Å². The highest BCUT2D eigenvalue weighted by Gasteiger charge is 2.22. The van der Waals surface area contributed by atoms with E-state index in [1.165, 1.54) is 22.5 Å². The van der Waals surface area contributed by atoms with Crippen molar-refractivity contribution < 1.29 is 14.1 Å². The molecular weight excluding hydrogens is 352 g/mol. The maximum Gasteiger partial charge on any atom is 0.315 e. The van der Waals surface area contributed by atoms with Crippen LogP contribution in [0.2, 0.25) is 0 Å². The van der Waals surface area contributed by atoms with Crippen LogP contribution in [0.25, 0.3) is 10.7 Å². The number of esters is 1. The molecule has 0 unspecified atom stereocenters. The predicted molar refractivity (Wildman–Crippen MR) is 97.0 cm³/mol. The van der Waals surface area contributed by atoms with E-state index in [4.69, 9.17) is 9.26 Å². The molecule has 1 aliphatic carbocycles. The van der Waals surface area contributed by atoms with Crippen molar-refractivity contribution in [2.45, 2.75) is 32.2 Å². The Morgan fingerprint density at radius 1 is 1.35 bits per heavy atom. The van der Waals surface area contributed by atoms with Gasteiger partial charge in [-0.2, -0.15) is 4.98 Å². The van der Waals surface area contributed by atoms with E-state index in [1.807, 2.05) is 0 Å². The Balaban J connectivity index is 1.39. The molecule has 1 aliphatic rings. The molecule has 7 nitrogen and oxygen atoms in total. The van der Waals surface area contributed by atoms with Crippen LogP contribution in [-0.4, -0.2) is 33.7 Å². The number of hydrogen-bond donors (Lipinski definition) is 1. The molecule has 4 rings (SSSR count). The van der Waals surface area contributed by atoms with Gasteiger partial charge in [0.05, 0.1) is 17.7 Å². The lowest BCUT2D eigenvalue weighted by Crippen LogP contribution is -2.19. The van der Waals surface area contributed by atoms with Crippen LogP contribution in [0.4, 0.5) is 5.13 Å². The summed E-state index contributed by atoms with van der Waals surface area (Å²) in [6, 6.07) is 8.85. The molecule has 8 heteroatoms. The molecule has 3 aromatic rings. The van der Waals surface area contributed by atoms with Crippen molar-refractivity contribution in [3.05, 3.63) is 47.5 Å². The van der Waals surface area contributed by atoms with Gasteiger partial charge in [0.1, 0.15) is 6.42 Å². The molecular formula is C18H18N4O3S. The number of nitrogens with zero attached hydrogens (tertiary/aromatic N) is 3. The summed E-state index contributed by atoms with van der Waals surface area (Å²) < 4.78 is 10.00. The molecule has 2 aromatic heterocycles. The highest BCUT2D eigenvalue weighted by atomic mass is 32.1. The van der Waals surface area contributed by atoms with Gasteiger partial charge in [0.15, 0.2) is 5.13 Å². The summed E-state index contributed by atoms with van der Waals surface area (Å²) in [7, 11) is 0. The van der Waals surface area contributed by atoms with Crippen molar-refractivity contribution in [2.24, 2.45) is 0 Å². The predicted octanol–water partition coefficient (Wildman–Crippen LogP) is 2.88. The lowest BCUT2D eigenvalue weighted by atomic mass is 10.1. The molecule has 26 heavy (non-hydrogen) atoms. The first-order chi connectivity index (χ1) is 12.7. The van der Waals surface area contributed by atoms with Crippen LogP contribution in [0, 0.1) is 0 Å². The van der Waals surface area contributed by atoms with Gasteiger partial charge in [-0.1, -0.05) is 40.8 Å². The first kappa shape index (κ1) is 16.7. The summed E-state index contributed by atoms with van der Waals surface area (Å²) in [6.45, 7) is 2.08. The molecule has 0 saturated heterocycles. The topological polar surface area (TPSA) is 90.1 Å². The third-order valence-corrected chi connectivity index (χ3v) is 5.10. The number of hydrogen-bond acceptors (Lipinski definition) is 8. The fourth-order valence-corrected chi connectivity index (χ4v) is 3.86. The zero-order chi connectivity index (χ0) is 17.9. The molecule has 134 valence electrons. The quantitative estimate of drug-likeness (QED) is 0.667. The first-order valence-electron chi connectivity index (χ1n) is 8.49. The van der Waals surface area contributed by atoms with Crippen molar-refractivity contribution >= 4 is 22.4 Å². The monoisotopic (exact) mass is 370 g/mol. The maximum absolute atomic E-state index is 11.5. The summed E-state index contributed by atoms with van der Waals surface area (Å²) in [5.74, 6) is 0.298. The number of carbonyl (C=O) groups is 1. The van der Waals surface area contributed by atoms with Crippen molar-refractivity contribution in [3.8, 4) is 10.7 Å². The van der Waals surface area contributed by atoms with Crippen molar-refractivity contribution in [1.82, 2.24) is 15.1 Å². The average molecular weight is 370 g/mol. The molecule has 0 bridgehead atoms. The first-order valence-corrected chi connectivity index (χ1v) is 9.30. The van der Waals surface area contributed by atoms with E-state index in [0.29, 0.717) is 18.5 Å². The number of ether oxygens (including phenoxy) is 1. The minimum Gasteiger partial charge on any atom is -0.466 e. The minimum absolute atomic E-state index is 0.0227. The molecule has 0 atom stereocenters. The van der Waals surface area contributed by atoms with Crippen LogP contribution in [0.1, 0.15) is 23.9 Å². The number of anilines is 1. The van der Waals surface area contributed by atoms with Crippen LogP contribution in [-0.2, 0) is 28.8 Å². The van der Waals surface area contributed by atoms with E-state index < -0.39 is 0 Å². The fourth-order valence-electron chi connectivity index (χ4n) is 3.04. The Kier molecular flexibility index (Phi) is 4.66. The number of nitrogens with one attached hydrogen (secondary N) is 1. The Morgan fingerprint density at radius 3 is 2.85 bits per heavy atom. The van der Waals surface area contributed by atoms with Crippen LogP contribution < -0.4 is 5.32 Å². The second kappa shape index (κ2) is 7.25. The van der Waals surface area contributed by atoms with E-state index in [0.717, 1.165) is 22.9 Å². The van der Waals surface area contributed by atoms with Crippen LogP contribution in [0.3, 0.4) is 0 Å². The summed E-state index contributed by atoms with van der Waals surface area (Å²) in [6.07, 6.45) is 3.69. The Morgan fingerprint density at radius 2 is 2.12 bits per heavy atom. The lowest BCUT2D eigenvalue weighted by Gasteiger charge is -2.09. The lowest BCUT2D eigenvalue weighted by molar-refractivity contribution is -0.142. The van der Waals surface area contributed by atoms with E-state index in [2.05, 4.69) is 44.7 Å². The minimum atomic E-state index is -0.379. The Labute approximate surface area is 154 Å². The van der Waals surface area contributed by atoms with Crippen LogP contribution in [0.5, 0.6) is 0 Å².